The zero-order valence-electron chi connectivity index (χ0n) is 19.8. The highest BCUT2D eigenvalue weighted by molar-refractivity contribution is 5.88. The van der Waals surface area contributed by atoms with Crippen molar-refractivity contribution >= 4 is 5.97 Å². The molecule has 6 heteroatoms. The van der Waals surface area contributed by atoms with Gasteiger partial charge in [0.2, 0.25) is 0 Å². The smallest absolute Gasteiger partial charge is 0.336 e. The Morgan fingerprint density at radius 2 is 1.90 bits per heavy atom. The molecule has 7 atom stereocenters. The number of carbonyl (C=O) groups is 1. The van der Waals surface area contributed by atoms with Gasteiger partial charge in [0.05, 0.1) is 17.3 Å². The molecule has 176 valence electrons. The summed E-state index contributed by atoms with van der Waals surface area (Å²) in [4.78, 5) is 11.4. The Kier molecular flexibility index (Phi) is 6.29. The summed E-state index contributed by atoms with van der Waals surface area (Å²) in [5.74, 6) is 0.00633. The molecule has 0 saturated heterocycles. The maximum absolute atomic E-state index is 11.4. The lowest BCUT2D eigenvalue weighted by atomic mass is 9.44. The molecule has 0 aromatic carbocycles. The molecule has 0 aromatic rings. The van der Waals surface area contributed by atoms with Crippen LogP contribution in [0.5, 0.6) is 0 Å². The topological polar surface area (TPSA) is 107 Å². The third-order valence-corrected chi connectivity index (χ3v) is 8.81. The number of cyclic esters (lactones) is 1. The number of fused-ring (bicyclic) bond motifs is 1. The molecule has 3 rings (SSSR count). The fourth-order valence-electron chi connectivity index (χ4n) is 6.70. The first-order valence-electron chi connectivity index (χ1n) is 11.5. The van der Waals surface area contributed by atoms with Crippen LogP contribution in [0.4, 0.5) is 0 Å². The van der Waals surface area contributed by atoms with Crippen LogP contribution in [-0.4, -0.2) is 49.8 Å². The minimum Gasteiger partial charge on any atom is -0.423 e. The second-order valence-electron chi connectivity index (χ2n) is 11.5. The van der Waals surface area contributed by atoms with E-state index in [2.05, 4.69) is 20.8 Å². The summed E-state index contributed by atoms with van der Waals surface area (Å²) in [6.45, 7) is 11.7. The normalized spacial score (nSPS) is 41.9. The van der Waals surface area contributed by atoms with Gasteiger partial charge in [-0.15, -0.1) is 0 Å². The predicted octanol–water partition coefficient (Wildman–Crippen LogP) is 3.23. The quantitative estimate of drug-likeness (QED) is 0.493. The first kappa shape index (κ1) is 24.4. The van der Waals surface area contributed by atoms with Crippen LogP contribution in [0.3, 0.4) is 0 Å². The van der Waals surface area contributed by atoms with E-state index in [-0.39, 0.29) is 34.5 Å². The number of aliphatic hydroxyl groups is 4. The number of rotatable bonds is 5. The van der Waals surface area contributed by atoms with Crippen molar-refractivity contribution in [1.29, 1.82) is 0 Å². The van der Waals surface area contributed by atoms with Crippen LogP contribution in [-0.2, 0) is 9.53 Å². The Morgan fingerprint density at radius 3 is 2.48 bits per heavy atom. The lowest BCUT2D eigenvalue weighted by molar-refractivity contribution is -0.199. The highest BCUT2D eigenvalue weighted by Crippen LogP contribution is 2.63. The molecule has 3 aliphatic rings. The zero-order valence-corrected chi connectivity index (χ0v) is 19.8. The van der Waals surface area contributed by atoms with Gasteiger partial charge in [0.25, 0.3) is 0 Å². The van der Waals surface area contributed by atoms with Gasteiger partial charge in [-0.1, -0.05) is 20.8 Å². The van der Waals surface area contributed by atoms with E-state index < -0.39 is 23.3 Å². The Morgan fingerprint density at radius 1 is 1.26 bits per heavy atom. The number of hydrogen-bond donors (Lipinski definition) is 4. The SMILES string of the molecule is CC1=CC(=O)OC1=CC(O)C(C)(O)CCC1C(C)(O)CCC2C(C)(C)C(O)CCC12C. The molecule has 2 fully saturated rings. The van der Waals surface area contributed by atoms with Crippen LogP contribution in [0, 0.1) is 22.7 Å². The average Bonchev–Trinajstić information content (AvgIpc) is 2.94. The standard InChI is InChI=1S/C25H40O6/c1-15-13-21(28)31-16(15)14-20(27)25(6,30)12-8-18-23(4)10-9-19(26)22(2,3)17(23)7-11-24(18,5)29/h13-14,17-20,26-27,29-30H,7-12H2,1-6H3. The largest absolute Gasteiger partial charge is 0.423 e. The van der Waals surface area contributed by atoms with Crippen molar-refractivity contribution < 1.29 is 30.0 Å². The van der Waals surface area contributed by atoms with E-state index in [1.54, 1.807) is 13.8 Å². The van der Waals surface area contributed by atoms with Gasteiger partial charge in [0.1, 0.15) is 11.9 Å². The van der Waals surface area contributed by atoms with Crippen molar-refractivity contribution in [1.82, 2.24) is 0 Å². The highest BCUT2D eigenvalue weighted by Gasteiger charge is 2.60. The molecule has 0 aromatic heterocycles. The number of aliphatic hydroxyl groups excluding tert-OH is 2. The number of esters is 1. The molecular weight excluding hydrogens is 396 g/mol. The van der Waals surface area contributed by atoms with Gasteiger partial charge < -0.3 is 25.2 Å². The Bertz CT molecular complexity index is 777. The van der Waals surface area contributed by atoms with E-state index in [0.29, 0.717) is 31.3 Å². The molecule has 7 unspecified atom stereocenters. The molecule has 0 radical (unpaired) electrons. The lowest BCUT2D eigenvalue weighted by Crippen LogP contribution is -2.60. The molecule has 0 bridgehead atoms. The third kappa shape index (κ3) is 4.37. The molecule has 0 amide bonds. The van der Waals surface area contributed by atoms with Gasteiger partial charge in [-0.25, -0.2) is 4.79 Å². The summed E-state index contributed by atoms with van der Waals surface area (Å²) in [5.41, 5.74) is -2.09. The van der Waals surface area contributed by atoms with Crippen LogP contribution in [0.1, 0.15) is 80.1 Å². The summed E-state index contributed by atoms with van der Waals surface area (Å²) in [7, 11) is 0. The summed E-state index contributed by atoms with van der Waals surface area (Å²) < 4.78 is 5.08. The van der Waals surface area contributed by atoms with E-state index in [1.807, 2.05) is 6.92 Å². The van der Waals surface area contributed by atoms with Crippen molar-refractivity contribution in [3.63, 3.8) is 0 Å². The maximum Gasteiger partial charge on any atom is 0.336 e. The average molecular weight is 437 g/mol. The summed E-state index contributed by atoms with van der Waals surface area (Å²) >= 11 is 0. The molecule has 2 saturated carbocycles. The van der Waals surface area contributed by atoms with E-state index in [9.17, 15) is 25.2 Å². The fourth-order valence-corrected chi connectivity index (χ4v) is 6.70. The van der Waals surface area contributed by atoms with Crippen molar-refractivity contribution in [3.05, 3.63) is 23.5 Å². The van der Waals surface area contributed by atoms with Crippen molar-refractivity contribution in [2.24, 2.45) is 22.7 Å². The van der Waals surface area contributed by atoms with E-state index >= 15 is 0 Å². The van der Waals surface area contributed by atoms with Gasteiger partial charge in [0.15, 0.2) is 0 Å². The Labute approximate surface area is 186 Å². The molecule has 2 aliphatic carbocycles. The molecular formula is C25H40O6. The number of ether oxygens (including phenoxy) is 1. The van der Waals surface area contributed by atoms with E-state index in [4.69, 9.17) is 4.74 Å². The molecule has 1 aliphatic heterocycles. The van der Waals surface area contributed by atoms with Gasteiger partial charge >= 0.3 is 5.97 Å². The van der Waals surface area contributed by atoms with Crippen LogP contribution in [0.25, 0.3) is 0 Å². The minimum absolute atomic E-state index is 0.0669. The number of allylic oxidation sites excluding steroid dienone is 1. The van der Waals surface area contributed by atoms with Gasteiger partial charge in [-0.05, 0) is 93.6 Å². The Balaban J connectivity index is 1.79. The van der Waals surface area contributed by atoms with E-state index in [0.717, 1.165) is 12.8 Å². The minimum atomic E-state index is -1.44. The maximum atomic E-state index is 11.4. The lowest BCUT2D eigenvalue weighted by Gasteiger charge is -2.62. The summed E-state index contributed by atoms with van der Waals surface area (Å²) in [5, 5.41) is 43.7. The molecule has 1 heterocycles. The molecule has 4 N–H and O–H groups in total. The fraction of sp³-hybridized carbons (Fsp3) is 0.800. The van der Waals surface area contributed by atoms with Crippen LogP contribution in [0.15, 0.2) is 23.5 Å². The summed E-state index contributed by atoms with van der Waals surface area (Å²) in [6.07, 6.45) is 5.08. The first-order chi connectivity index (χ1) is 14.1. The number of carbonyl (C=O) groups excluding carboxylic acids is 1. The monoisotopic (exact) mass is 436 g/mol. The highest BCUT2D eigenvalue weighted by atomic mass is 16.5. The van der Waals surface area contributed by atoms with Crippen LogP contribution >= 0.6 is 0 Å². The second-order valence-corrected chi connectivity index (χ2v) is 11.5. The van der Waals surface area contributed by atoms with Crippen LogP contribution < -0.4 is 0 Å². The van der Waals surface area contributed by atoms with Gasteiger partial charge in [-0.2, -0.15) is 0 Å². The van der Waals surface area contributed by atoms with Crippen molar-refractivity contribution in [3.8, 4) is 0 Å². The molecule has 31 heavy (non-hydrogen) atoms. The summed E-state index contributed by atoms with van der Waals surface area (Å²) in [6, 6.07) is 0. The zero-order chi connectivity index (χ0) is 23.4. The molecule has 0 spiro atoms. The van der Waals surface area contributed by atoms with Crippen molar-refractivity contribution in [2.75, 3.05) is 0 Å². The second kappa shape index (κ2) is 7.98. The van der Waals surface area contributed by atoms with Gasteiger partial charge in [-0.3, -0.25) is 0 Å². The first-order valence-corrected chi connectivity index (χ1v) is 11.5. The Hall–Kier alpha value is -1.21. The third-order valence-electron chi connectivity index (χ3n) is 8.81. The van der Waals surface area contributed by atoms with Crippen LogP contribution in [0.2, 0.25) is 0 Å². The predicted molar refractivity (Wildman–Crippen MR) is 118 cm³/mol. The number of hydrogen-bond acceptors (Lipinski definition) is 6. The molecule has 6 nitrogen and oxygen atoms in total. The van der Waals surface area contributed by atoms with Crippen molar-refractivity contribution in [2.45, 2.75) is 103 Å². The van der Waals surface area contributed by atoms with E-state index in [1.165, 1.54) is 12.2 Å². The van der Waals surface area contributed by atoms with Gasteiger partial charge in [0, 0.05) is 6.08 Å².